The molecule has 1 aliphatic carbocycles. The molecule has 1 fully saturated rings. The van der Waals surface area contributed by atoms with E-state index in [-0.39, 0.29) is 24.6 Å². The fourth-order valence-corrected chi connectivity index (χ4v) is 4.07. The molecule has 0 bridgehead atoms. The molecule has 3 aromatic rings. The second-order valence-corrected chi connectivity index (χ2v) is 9.16. The standard InChI is InChI=1S/C28H28F5NO2/c1-2-19-6-4-10-24(15-19)36-25-11-5-9-23(16-25)34(18-26(35)21-12-13-21)17-20-7-3-8-22(14-20)27(29,30)28(31,32)33/h3-11,14-16,21,26,35H,2,12-13,17-18H2,1H3. The Labute approximate surface area is 207 Å². The van der Waals surface area contributed by atoms with Crippen molar-refractivity contribution >= 4 is 5.69 Å². The molecule has 1 unspecified atom stereocenters. The summed E-state index contributed by atoms with van der Waals surface area (Å²) < 4.78 is 72.6. The predicted molar refractivity (Wildman–Crippen MR) is 129 cm³/mol. The van der Waals surface area contributed by atoms with Crippen LogP contribution in [0.4, 0.5) is 27.6 Å². The highest BCUT2D eigenvalue weighted by atomic mass is 19.4. The van der Waals surface area contributed by atoms with Gasteiger partial charge >= 0.3 is 12.1 Å². The lowest BCUT2D eigenvalue weighted by molar-refractivity contribution is -0.289. The van der Waals surface area contributed by atoms with E-state index in [1.807, 2.05) is 31.2 Å². The smallest absolute Gasteiger partial charge is 0.457 e. The number of hydrogen-bond acceptors (Lipinski definition) is 3. The van der Waals surface area contributed by atoms with E-state index in [9.17, 15) is 27.1 Å². The molecular formula is C28H28F5NO2. The summed E-state index contributed by atoms with van der Waals surface area (Å²) in [5.74, 6) is -3.59. The maximum Gasteiger partial charge on any atom is 0.458 e. The highest BCUT2D eigenvalue weighted by molar-refractivity contribution is 5.52. The number of anilines is 1. The number of halogens is 5. The van der Waals surface area contributed by atoms with Crippen LogP contribution in [-0.4, -0.2) is 23.9 Å². The molecule has 192 valence electrons. The predicted octanol–water partition coefficient (Wildman–Crippen LogP) is 7.47. The van der Waals surface area contributed by atoms with Crippen LogP contribution < -0.4 is 9.64 Å². The van der Waals surface area contributed by atoms with E-state index in [0.29, 0.717) is 17.2 Å². The first-order valence-electron chi connectivity index (χ1n) is 11.9. The van der Waals surface area contributed by atoms with E-state index in [4.69, 9.17) is 4.74 Å². The van der Waals surface area contributed by atoms with Gasteiger partial charge in [-0.05, 0) is 66.6 Å². The molecule has 0 amide bonds. The summed E-state index contributed by atoms with van der Waals surface area (Å²) in [6, 6.07) is 19.2. The summed E-state index contributed by atoms with van der Waals surface area (Å²) in [6.07, 6.45) is -3.67. The molecule has 1 N–H and O–H groups in total. The Balaban J connectivity index is 1.60. The Hall–Kier alpha value is -3.13. The summed E-state index contributed by atoms with van der Waals surface area (Å²) in [4.78, 5) is 1.78. The number of aliphatic hydroxyl groups is 1. The third-order valence-corrected chi connectivity index (χ3v) is 6.32. The van der Waals surface area contributed by atoms with Gasteiger partial charge in [0, 0.05) is 30.4 Å². The van der Waals surface area contributed by atoms with Crippen molar-refractivity contribution in [1.29, 1.82) is 0 Å². The molecule has 1 atom stereocenters. The van der Waals surface area contributed by atoms with Crippen molar-refractivity contribution in [3.63, 3.8) is 0 Å². The number of hydrogen-bond donors (Lipinski definition) is 1. The van der Waals surface area contributed by atoms with E-state index >= 15 is 0 Å². The maximum atomic E-state index is 13.9. The Morgan fingerprint density at radius 1 is 0.889 bits per heavy atom. The molecule has 3 nitrogen and oxygen atoms in total. The van der Waals surface area contributed by atoms with Crippen molar-refractivity contribution in [3.05, 3.63) is 89.5 Å². The van der Waals surface area contributed by atoms with E-state index in [1.54, 1.807) is 29.2 Å². The van der Waals surface area contributed by atoms with Gasteiger partial charge in [-0.1, -0.05) is 43.3 Å². The zero-order valence-electron chi connectivity index (χ0n) is 19.8. The zero-order chi connectivity index (χ0) is 25.9. The van der Waals surface area contributed by atoms with Gasteiger partial charge in [0.05, 0.1) is 6.10 Å². The second kappa shape index (κ2) is 10.5. The molecule has 1 aliphatic rings. The highest BCUT2D eigenvalue weighted by Crippen LogP contribution is 2.44. The average molecular weight is 506 g/mol. The number of rotatable bonds is 10. The number of alkyl halides is 5. The molecule has 0 aliphatic heterocycles. The minimum atomic E-state index is -5.69. The van der Waals surface area contributed by atoms with Crippen LogP contribution >= 0.6 is 0 Å². The van der Waals surface area contributed by atoms with Crippen molar-refractivity contribution in [1.82, 2.24) is 0 Å². The van der Waals surface area contributed by atoms with Gasteiger partial charge in [0.25, 0.3) is 0 Å². The van der Waals surface area contributed by atoms with Gasteiger partial charge < -0.3 is 14.7 Å². The monoisotopic (exact) mass is 505 g/mol. The Morgan fingerprint density at radius 3 is 2.19 bits per heavy atom. The quantitative estimate of drug-likeness (QED) is 0.290. The lowest BCUT2D eigenvalue weighted by Gasteiger charge is -2.28. The van der Waals surface area contributed by atoms with Crippen molar-refractivity contribution in [2.24, 2.45) is 5.92 Å². The number of nitrogens with zero attached hydrogens (tertiary/aromatic N) is 1. The molecule has 0 aromatic heterocycles. The first-order chi connectivity index (χ1) is 17.1. The Kier molecular flexibility index (Phi) is 7.54. The molecule has 0 heterocycles. The minimum Gasteiger partial charge on any atom is -0.457 e. The van der Waals surface area contributed by atoms with Crippen molar-refractivity contribution in [2.45, 2.75) is 50.9 Å². The molecule has 0 spiro atoms. The van der Waals surface area contributed by atoms with Gasteiger partial charge in [0.2, 0.25) is 0 Å². The molecule has 3 aromatic carbocycles. The van der Waals surface area contributed by atoms with Crippen molar-refractivity contribution in [3.8, 4) is 11.5 Å². The number of aryl methyl sites for hydroxylation is 1. The van der Waals surface area contributed by atoms with Crippen molar-refractivity contribution < 1.29 is 31.8 Å². The van der Waals surface area contributed by atoms with Gasteiger partial charge in [-0.2, -0.15) is 22.0 Å². The van der Waals surface area contributed by atoms with Gasteiger partial charge in [-0.3, -0.25) is 0 Å². The first-order valence-corrected chi connectivity index (χ1v) is 11.9. The van der Waals surface area contributed by atoms with Gasteiger partial charge in [0.1, 0.15) is 11.5 Å². The molecule has 0 saturated heterocycles. The molecule has 36 heavy (non-hydrogen) atoms. The number of ether oxygens (including phenoxy) is 1. The lowest BCUT2D eigenvalue weighted by atomic mass is 10.0. The summed E-state index contributed by atoms with van der Waals surface area (Å²) >= 11 is 0. The van der Waals surface area contributed by atoms with Crippen LogP contribution in [0.5, 0.6) is 11.5 Å². The highest BCUT2D eigenvalue weighted by Gasteiger charge is 2.58. The third-order valence-electron chi connectivity index (χ3n) is 6.32. The number of benzene rings is 3. The minimum absolute atomic E-state index is 0.0420. The fourth-order valence-electron chi connectivity index (χ4n) is 4.07. The topological polar surface area (TPSA) is 32.7 Å². The number of aliphatic hydroxyl groups excluding tert-OH is 1. The van der Waals surface area contributed by atoms with E-state index in [1.165, 1.54) is 12.1 Å². The molecule has 4 rings (SSSR count). The van der Waals surface area contributed by atoms with Gasteiger partial charge in [0.15, 0.2) is 0 Å². The summed E-state index contributed by atoms with van der Waals surface area (Å²) in [7, 11) is 0. The fraction of sp³-hybridized carbons (Fsp3) is 0.357. The van der Waals surface area contributed by atoms with E-state index in [2.05, 4.69) is 0 Å². The molecule has 8 heteroatoms. The second-order valence-electron chi connectivity index (χ2n) is 9.16. The lowest BCUT2D eigenvalue weighted by Crippen LogP contribution is -2.34. The SMILES string of the molecule is CCc1cccc(Oc2cccc(N(Cc3cccc(C(F)(F)C(F)(F)F)c3)CC(O)C3CC3)c2)c1. The summed E-state index contributed by atoms with van der Waals surface area (Å²) in [6.45, 7) is 2.29. The van der Waals surface area contributed by atoms with Crippen LogP contribution in [-0.2, 0) is 18.9 Å². The molecule has 1 saturated carbocycles. The van der Waals surface area contributed by atoms with Crippen LogP contribution in [0.3, 0.4) is 0 Å². The largest absolute Gasteiger partial charge is 0.458 e. The van der Waals surface area contributed by atoms with Crippen LogP contribution in [0, 0.1) is 5.92 Å². The molecule has 0 radical (unpaired) electrons. The Bertz CT molecular complexity index is 1180. The van der Waals surface area contributed by atoms with E-state index in [0.717, 1.165) is 37.0 Å². The summed E-state index contributed by atoms with van der Waals surface area (Å²) in [5, 5.41) is 10.6. The van der Waals surface area contributed by atoms with Crippen LogP contribution in [0.2, 0.25) is 0 Å². The average Bonchev–Trinajstić information content (AvgIpc) is 3.69. The zero-order valence-corrected chi connectivity index (χ0v) is 19.8. The van der Waals surface area contributed by atoms with Crippen molar-refractivity contribution in [2.75, 3.05) is 11.4 Å². The summed E-state index contributed by atoms with van der Waals surface area (Å²) in [5.41, 5.74) is 0.949. The van der Waals surface area contributed by atoms with Gasteiger partial charge in [-0.15, -0.1) is 0 Å². The first kappa shape index (κ1) is 25.9. The van der Waals surface area contributed by atoms with Gasteiger partial charge in [-0.25, -0.2) is 0 Å². The normalized spacial score (nSPS) is 15.0. The van der Waals surface area contributed by atoms with Crippen LogP contribution in [0.1, 0.15) is 36.5 Å². The van der Waals surface area contributed by atoms with Crippen LogP contribution in [0.15, 0.2) is 72.8 Å². The van der Waals surface area contributed by atoms with E-state index < -0.39 is 23.8 Å². The third kappa shape index (κ3) is 6.16. The molecular weight excluding hydrogens is 477 g/mol. The Morgan fingerprint density at radius 2 is 1.53 bits per heavy atom. The maximum absolute atomic E-state index is 13.9. The van der Waals surface area contributed by atoms with Crippen LogP contribution in [0.25, 0.3) is 0 Å².